The summed E-state index contributed by atoms with van der Waals surface area (Å²) < 4.78 is 0. The lowest BCUT2D eigenvalue weighted by Crippen LogP contribution is -2.33. The first-order chi connectivity index (χ1) is 8.50. The fourth-order valence-electron chi connectivity index (χ4n) is 2.51. The number of hydrogen-bond donors (Lipinski definition) is 2. The van der Waals surface area contributed by atoms with Gasteiger partial charge in [-0.25, -0.2) is 0 Å². The van der Waals surface area contributed by atoms with E-state index in [1.807, 2.05) is 0 Å². The number of allylic oxidation sites excluding steroid dienone is 1. The first-order valence-electron chi connectivity index (χ1n) is 6.28. The second-order valence-corrected chi connectivity index (χ2v) is 4.86. The lowest BCUT2D eigenvalue weighted by Gasteiger charge is -2.34. The third-order valence-corrected chi connectivity index (χ3v) is 3.63. The Kier molecular flexibility index (Phi) is 3.26. The minimum absolute atomic E-state index is 0.0591. The van der Waals surface area contributed by atoms with E-state index in [-0.39, 0.29) is 17.1 Å². The summed E-state index contributed by atoms with van der Waals surface area (Å²) >= 11 is 0. The zero-order valence-electron chi connectivity index (χ0n) is 10.7. The van der Waals surface area contributed by atoms with Gasteiger partial charge in [0.25, 0.3) is 0 Å². The highest BCUT2D eigenvalue weighted by atomic mass is 16.3. The van der Waals surface area contributed by atoms with Gasteiger partial charge in [-0.3, -0.25) is 4.79 Å². The summed E-state index contributed by atoms with van der Waals surface area (Å²) in [5.41, 5.74) is 0.291. The quantitative estimate of drug-likeness (QED) is 0.862. The van der Waals surface area contributed by atoms with Crippen molar-refractivity contribution in [1.82, 2.24) is 0 Å². The third kappa shape index (κ3) is 1.85. The van der Waals surface area contributed by atoms with Crippen molar-refractivity contribution in [2.24, 2.45) is 0 Å². The Hall–Kier alpha value is -1.61. The molecule has 0 amide bonds. The van der Waals surface area contributed by atoms with Gasteiger partial charge in [-0.2, -0.15) is 0 Å². The van der Waals surface area contributed by atoms with Gasteiger partial charge in [0.1, 0.15) is 11.4 Å². The fraction of sp³-hybridized carbons (Fsp3) is 0.400. The first-order valence-corrected chi connectivity index (χ1v) is 6.28. The van der Waals surface area contributed by atoms with Gasteiger partial charge >= 0.3 is 0 Å². The van der Waals surface area contributed by atoms with Gasteiger partial charge < -0.3 is 10.2 Å². The number of unbranched alkanes of at least 4 members (excludes halogenated alkanes) is 1. The van der Waals surface area contributed by atoms with Crippen molar-refractivity contribution < 1.29 is 15.0 Å². The molecular formula is C15H18O3. The predicted molar refractivity (Wildman–Crippen MR) is 69.6 cm³/mol. The minimum atomic E-state index is -1.13. The van der Waals surface area contributed by atoms with Crippen LogP contribution >= 0.6 is 0 Å². The Morgan fingerprint density at radius 2 is 2.06 bits per heavy atom. The van der Waals surface area contributed by atoms with E-state index in [0.29, 0.717) is 17.6 Å². The third-order valence-electron chi connectivity index (χ3n) is 3.63. The van der Waals surface area contributed by atoms with E-state index in [0.717, 1.165) is 12.8 Å². The zero-order valence-corrected chi connectivity index (χ0v) is 10.7. The number of phenolic OH excluding ortho intramolecular Hbond substituents is 1. The Bertz CT molecular complexity index is 516. The molecule has 1 aliphatic rings. The molecule has 0 aliphatic heterocycles. The van der Waals surface area contributed by atoms with E-state index >= 15 is 0 Å². The predicted octanol–water partition coefficient (Wildman–Crippen LogP) is 2.91. The smallest absolute Gasteiger partial charge is 0.190 e. The average molecular weight is 246 g/mol. The molecule has 0 saturated carbocycles. The number of phenols is 1. The Labute approximate surface area is 107 Å². The molecule has 18 heavy (non-hydrogen) atoms. The maximum atomic E-state index is 11.9. The van der Waals surface area contributed by atoms with Crippen LogP contribution in [0.1, 0.15) is 49.0 Å². The number of ketones is 1. The van der Waals surface area contributed by atoms with Crippen molar-refractivity contribution in [1.29, 1.82) is 0 Å². The molecular weight excluding hydrogens is 228 g/mol. The molecule has 3 heteroatoms. The summed E-state index contributed by atoms with van der Waals surface area (Å²) in [4.78, 5) is 11.9. The fourth-order valence-corrected chi connectivity index (χ4v) is 2.51. The number of carbonyl (C=O) groups excluding carboxylic acids is 1. The maximum Gasteiger partial charge on any atom is 0.190 e. The number of rotatable bonds is 3. The summed E-state index contributed by atoms with van der Waals surface area (Å²) in [6.45, 7) is 3.82. The zero-order chi connectivity index (χ0) is 13.3. The summed E-state index contributed by atoms with van der Waals surface area (Å²) in [7, 11) is 0. The molecule has 1 unspecified atom stereocenters. The van der Waals surface area contributed by atoms with Crippen LogP contribution in [0.5, 0.6) is 5.75 Å². The summed E-state index contributed by atoms with van der Waals surface area (Å²) in [5, 5.41) is 20.6. The van der Waals surface area contributed by atoms with Crippen molar-refractivity contribution in [2.75, 3.05) is 0 Å². The highest BCUT2D eigenvalue weighted by Crippen LogP contribution is 2.42. The van der Waals surface area contributed by atoms with Crippen LogP contribution in [0.15, 0.2) is 29.8 Å². The molecule has 2 rings (SSSR count). The van der Waals surface area contributed by atoms with E-state index in [1.165, 1.54) is 12.1 Å². The van der Waals surface area contributed by atoms with Crippen molar-refractivity contribution >= 4 is 5.78 Å². The van der Waals surface area contributed by atoms with Gasteiger partial charge in [-0.05, 0) is 31.1 Å². The molecule has 0 spiro atoms. The van der Waals surface area contributed by atoms with Crippen molar-refractivity contribution in [3.05, 3.63) is 41.0 Å². The average Bonchev–Trinajstić information content (AvgIpc) is 2.33. The Morgan fingerprint density at radius 3 is 2.72 bits per heavy atom. The van der Waals surface area contributed by atoms with Crippen LogP contribution in [-0.2, 0) is 5.60 Å². The highest BCUT2D eigenvalue weighted by Gasteiger charge is 2.38. The summed E-state index contributed by atoms with van der Waals surface area (Å²) in [5.74, 6) is -0.294. The molecule has 0 aromatic heterocycles. The first kappa shape index (κ1) is 12.8. The van der Waals surface area contributed by atoms with E-state index in [9.17, 15) is 15.0 Å². The lowest BCUT2D eigenvalue weighted by atomic mass is 9.75. The normalized spacial score (nSPS) is 22.6. The van der Waals surface area contributed by atoms with Gasteiger partial charge in [0.05, 0.1) is 5.56 Å². The van der Waals surface area contributed by atoms with E-state index < -0.39 is 5.60 Å². The molecule has 1 aromatic rings. The monoisotopic (exact) mass is 246 g/mol. The molecule has 0 radical (unpaired) electrons. The molecule has 2 N–H and O–H groups in total. The Morgan fingerprint density at radius 1 is 1.33 bits per heavy atom. The van der Waals surface area contributed by atoms with Crippen molar-refractivity contribution in [3.8, 4) is 5.75 Å². The van der Waals surface area contributed by atoms with Crippen LogP contribution in [0.2, 0.25) is 0 Å². The highest BCUT2D eigenvalue weighted by molar-refractivity contribution is 6.09. The molecule has 0 fully saturated rings. The standard InChI is InChI=1S/C15H18O3/c1-3-4-8-15(18)10(2)9-13(17)14-11(15)6-5-7-12(14)16/h5-7,9,16,18H,3-4,8H2,1-2H3. The number of aromatic hydroxyl groups is 1. The number of aliphatic hydroxyl groups is 1. The Balaban J connectivity index is 2.58. The molecule has 0 saturated heterocycles. The molecule has 0 heterocycles. The number of carbonyl (C=O) groups is 1. The topological polar surface area (TPSA) is 57.5 Å². The van der Waals surface area contributed by atoms with Gasteiger partial charge in [0.2, 0.25) is 0 Å². The minimum Gasteiger partial charge on any atom is -0.507 e. The van der Waals surface area contributed by atoms with Crippen molar-refractivity contribution in [3.63, 3.8) is 0 Å². The van der Waals surface area contributed by atoms with Crippen LogP contribution in [0, 0.1) is 0 Å². The van der Waals surface area contributed by atoms with E-state index in [2.05, 4.69) is 6.92 Å². The molecule has 0 bridgehead atoms. The largest absolute Gasteiger partial charge is 0.507 e. The van der Waals surface area contributed by atoms with Crippen LogP contribution in [0.4, 0.5) is 0 Å². The van der Waals surface area contributed by atoms with E-state index in [4.69, 9.17) is 0 Å². The number of hydrogen-bond acceptors (Lipinski definition) is 3. The number of fused-ring (bicyclic) bond motifs is 1. The molecule has 1 aromatic carbocycles. The van der Waals surface area contributed by atoms with Gasteiger partial charge in [-0.15, -0.1) is 0 Å². The van der Waals surface area contributed by atoms with Crippen LogP contribution in [0.25, 0.3) is 0 Å². The number of benzene rings is 1. The molecule has 1 atom stereocenters. The van der Waals surface area contributed by atoms with Gasteiger partial charge in [0, 0.05) is 5.56 Å². The van der Waals surface area contributed by atoms with Crippen LogP contribution in [0.3, 0.4) is 0 Å². The van der Waals surface area contributed by atoms with Gasteiger partial charge in [-0.1, -0.05) is 31.9 Å². The SMILES string of the molecule is CCCCC1(O)C(C)=CC(=O)c2c(O)cccc21. The van der Waals surface area contributed by atoms with Crippen LogP contribution in [-0.4, -0.2) is 16.0 Å². The maximum absolute atomic E-state index is 11.9. The van der Waals surface area contributed by atoms with E-state index in [1.54, 1.807) is 19.1 Å². The lowest BCUT2D eigenvalue weighted by molar-refractivity contribution is 0.0585. The summed E-state index contributed by atoms with van der Waals surface area (Å²) in [6, 6.07) is 4.86. The summed E-state index contributed by atoms with van der Waals surface area (Å²) in [6.07, 6.45) is 3.83. The van der Waals surface area contributed by atoms with Crippen LogP contribution < -0.4 is 0 Å². The second kappa shape index (κ2) is 4.58. The molecule has 1 aliphatic carbocycles. The second-order valence-electron chi connectivity index (χ2n) is 4.86. The molecule has 3 nitrogen and oxygen atoms in total. The molecule has 96 valence electrons. The van der Waals surface area contributed by atoms with Gasteiger partial charge in [0.15, 0.2) is 5.78 Å². The van der Waals surface area contributed by atoms with Crippen molar-refractivity contribution in [2.45, 2.75) is 38.7 Å².